The standard InChI is InChI=1S/C22H35FN6O4/c1-14(28-8-18-11-33-12-19(18)9-28)20(23)21(25-15(2)24)26-27-22(31)17(10-29(32)13-30)7-16-5-3-4-6-16/h13,16-19,26,32H,1,3-12H2,2H3,(H2,24,25)(H,27,31)/b21-20-/t17-,18-,19+/m1/s1. The summed E-state index contributed by atoms with van der Waals surface area (Å²) in [6, 6.07) is 0. The van der Waals surface area contributed by atoms with Crippen LogP contribution in [0.5, 0.6) is 0 Å². The number of nitrogens with one attached hydrogen (secondary N) is 2. The second kappa shape index (κ2) is 11.5. The van der Waals surface area contributed by atoms with Gasteiger partial charge in [0.25, 0.3) is 0 Å². The van der Waals surface area contributed by atoms with Crippen LogP contribution in [0.2, 0.25) is 0 Å². The fraction of sp³-hybridized carbons (Fsp3) is 0.682. The minimum absolute atomic E-state index is 0.103. The summed E-state index contributed by atoms with van der Waals surface area (Å²) in [4.78, 5) is 29.6. The number of hydroxylamine groups is 2. The highest BCUT2D eigenvalue weighted by atomic mass is 19.1. The highest BCUT2D eigenvalue weighted by Crippen LogP contribution is 2.33. The number of hydrogen-bond donors (Lipinski definition) is 4. The smallest absolute Gasteiger partial charge is 0.243 e. The monoisotopic (exact) mass is 466 g/mol. The van der Waals surface area contributed by atoms with Gasteiger partial charge in [0.15, 0.2) is 11.6 Å². The van der Waals surface area contributed by atoms with Gasteiger partial charge in [-0.25, -0.2) is 14.4 Å². The number of rotatable bonds is 11. The van der Waals surface area contributed by atoms with E-state index in [9.17, 15) is 14.8 Å². The van der Waals surface area contributed by atoms with Gasteiger partial charge in [-0.1, -0.05) is 32.3 Å². The zero-order valence-corrected chi connectivity index (χ0v) is 19.1. The number of carbonyl (C=O) groups is 2. The van der Waals surface area contributed by atoms with Gasteiger partial charge in [0.1, 0.15) is 0 Å². The van der Waals surface area contributed by atoms with Crippen molar-refractivity contribution < 1.29 is 23.9 Å². The number of halogens is 1. The molecule has 3 fully saturated rings. The van der Waals surface area contributed by atoms with Gasteiger partial charge < -0.3 is 15.4 Å². The summed E-state index contributed by atoms with van der Waals surface area (Å²) >= 11 is 0. The average Bonchev–Trinajstić information content (AvgIpc) is 3.52. The largest absolute Gasteiger partial charge is 0.387 e. The van der Waals surface area contributed by atoms with Crippen molar-refractivity contribution in [2.24, 2.45) is 34.4 Å². The lowest BCUT2D eigenvalue weighted by Crippen LogP contribution is -2.44. The maximum absolute atomic E-state index is 15.3. The van der Waals surface area contributed by atoms with Crippen molar-refractivity contribution in [3.63, 3.8) is 0 Å². The van der Waals surface area contributed by atoms with Crippen LogP contribution in [-0.4, -0.2) is 66.2 Å². The Morgan fingerprint density at radius 3 is 2.55 bits per heavy atom. The SMILES string of the molecule is C=C(/C(F)=C(\N=C(C)N)NNC(=O)[C@H](CC1CCCC1)CN(O)C=O)N1C[C@H]2COC[C@H]2C1. The minimum atomic E-state index is -0.718. The van der Waals surface area contributed by atoms with Crippen LogP contribution in [0.3, 0.4) is 0 Å². The van der Waals surface area contributed by atoms with Crippen LogP contribution < -0.4 is 16.6 Å². The van der Waals surface area contributed by atoms with Crippen molar-refractivity contribution in [1.29, 1.82) is 0 Å². The number of amides is 2. The lowest BCUT2D eigenvalue weighted by Gasteiger charge is -2.24. The van der Waals surface area contributed by atoms with Crippen molar-refractivity contribution in [3.8, 4) is 0 Å². The second-order valence-corrected chi connectivity index (χ2v) is 9.25. The van der Waals surface area contributed by atoms with Crippen LogP contribution in [0.25, 0.3) is 0 Å². The number of nitrogens with zero attached hydrogens (tertiary/aromatic N) is 3. The van der Waals surface area contributed by atoms with Crippen LogP contribution in [0.4, 0.5) is 4.39 Å². The zero-order chi connectivity index (χ0) is 24.0. The van der Waals surface area contributed by atoms with Gasteiger partial charge in [-0.15, -0.1) is 0 Å². The van der Waals surface area contributed by atoms with E-state index in [1.54, 1.807) is 0 Å². The lowest BCUT2D eigenvalue weighted by molar-refractivity contribution is -0.155. The van der Waals surface area contributed by atoms with Crippen molar-refractivity contribution >= 4 is 18.2 Å². The number of nitrogens with two attached hydrogens (primary N) is 1. The van der Waals surface area contributed by atoms with Crippen LogP contribution in [0.15, 0.2) is 28.9 Å². The number of likely N-dealkylation sites (tertiary alicyclic amines) is 1. The van der Waals surface area contributed by atoms with Crippen molar-refractivity contribution in [2.75, 3.05) is 32.8 Å². The summed E-state index contributed by atoms with van der Waals surface area (Å²) in [5.41, 5.74) is 10.9. The molecular weight excluding hydrogens is 431 g/mol. The molecule has 2 heterocycles. The Bertz CT molecular complexity index is 782. The first-order chi connectivity index (χ1) is 15.8. The molecule has 0 spiro atoms. The lowest BCUT2D eigenvalue weighted by atomic mass is 9.92. The summed E-state index contributed by atoms with van der Waals surface area (Å²) in [6.07, 6.45) is 4.98. The summed E-state index contributed by atoms with van der Waals surface area (Å²) < 4.78 is 20.8. The summed E-state index contributed by atoms with van der Waals surface area (Å²) in [6.45, 7) is 7.84. The molecule has 2 saturated heterocycles. The van der Waals surface area contributed by atoms with Crippen molar-refractivity contribution in [1.82, 2.24) is 20.8 Å². The van der Waals surface area contributed by atoms with Crippen molar-refractivity contribution in [3.05, 3.63) is 23.9 Å². The van der Waals surface area contributed by atoms with Gasteiger partial charge in [-0.3, -0.25) is 25.6 Å². The molecule has 3 rings (SSSR count). The normalized spacial score (nSPS) is 24.8. The average molecular weight is 467 g/mol. The van der Waals surface area contributed by atoms with E-state index in [0.717, 1.165) is 25.7 Å². The van der Waals surface area contributed by atoms with Gasteiger partial charge in [0.2, 0.25) is 12.3 Å². The third kappa shape index (κ3) is 6.67. The molecular formula is C22H35FN6O4. The van der Waals surface area contributed by atoms with E-state index in [1.165, 1.54) is 6.92 Å². The fourth-order valence-corrected chi connectivity index (χ4v) is 4.90. The molecule has 0 bridgehead atoms. The van der Waals surface area contributed by atoms with E-state index in [1.807, 2.05) is 4.90 Å². The third-order valence-electron chi connectivity index (χ3n) is 6.67. The molecule has 11 heteroatoms. The van der Waals surface area contributed by atoms with Gasteiger partial charge in [0.05, 0.1) is 37.2 Å². The number of amidine groups is 1. The predicted molar refractivity (Wildman–Crippen MR) is 120 cm³/mol. The number of aliphatic imine (C=N–C) groups is 1. The maximum atomic E-state index is 15.3. The van der Waals surface area contributed by atoms with Gasteiger partial charge >= 0.3 is 0 Å². The molecule has 3 atom stereocenters. The first-order valence-electron chi connectivity index (χ1n) is 11.5. The summed E-state index contributed by atoms with van der Waals surface area (Å²) in [7, 11) is 0. The molecule has 0 radical (unpaired) electrons. The predicted octanol–water partition coefficient (Wildman–Crippen LogP) is 1.26. The molecule has 5 N–H and O–H groups in total. The molecule has 10 nitrogen and oxygen atoms in total. The Kier molecular flexibility index (Phi) is 8.67. The quantitative estimate of drug-likeness (QED) is 0.0900. The van der Waals surface area contributed by atoms with E-state index in [2.05, 4.69) is 22.4 Å². The number of carbonyl (C=O) groups excluding carboxylic acids is 2. The van der Waals surface area contributed by atoms with E-state index in [-0.39, 0.29) is 30.3 Å². The first-order valence-corrected chi connectivity index (χ1v) is 11.5. The summed E-state index contributed by atoms with van der Waals surface area (Å²) in [5.74, 6) is -0.966. The molecule has 2 aliphatic heterocycles. The molecule has 0 aromatic heterocycles. The molecule has 0 aromatic rings. The number of fused-ring (bicyclic) bond motifs is 1. The Morgan fingerprint density at radius 2 is 1.97 bits per heavy atom. The van der Waals surface area contributed by atoms with E-state index in [4.69, 9.17) is 10.5 Å². The topological polar surface area (TPSA) is 133 Å². The highest BCUT2D eigenvalue weighted by Gasteiger charge is 2.38. The second-order valence-electron chi connectivity index (χ2n) is 9.25. The molecule has 2 amide bonds. The highest BCUT2D eigenvalue weighted by molar-refractivity contribution is 5.80. The Hall–Kier alpha value is -2.66. The van der Waals surface area contributed by atoms with Gasteiger partial charge in [-0.05, 0) is 19.3 Å². The minimum Gasteiger partial charge on any atom is -0.387 e. The molecule has 33 heavy (non-hydrogen) atoms. The van der Waals surface area contributed by atoms with Crippen LogP contribution in [0, 0.1) is 23.7 Å². The third-order valence-corrected chi connectivity index (χ3v) is 6.67. The Balaban J connectivity index is 1.67. The Labute approximate surface area is 193 Å². The molecule has 1 saturated carbocycles. The number of ether oxygens (including phenoxy) is 1. The van der Waals surface area contributed by atoms with Gasteiger partial charge in [-0.2, -0.15) is 0 Å². The molecule has 0 unspecified atom stereocenters. The van der Waals surface area contributed by atoms with Crippen molar-refractivity contribution in [2.45, 2.75) is 39.0 Å². The zero-order valence-electron chi connectivity index (χ0n) is 19.1. The molecule has 184 valence electrons. The molecule has 0 aromatic carbocycles. The van der Waals surface area contributed by atoms with Crippen LogP contribution in [-0.2, 0) is 14.3 Å². The summed E-state index contributed by atoms with van der Waals surface area (Å²) in [5, 5.41) is 10.1. The first kappa shape index (κ1) is 25.0. The maximum Gasteiger partial charge on any atom is 0.243 e. The Morgan fingerprint density at radius 1 is 1.33 bits per heavy atom. The number of allylic oxidation sites excluding steroid dienone is 1. The molecule has 3 aliphatic rings. The number of hydrogen-bond acceptors (Lipinski definition) is 7. The van der Waals surface area contributed by atoms with E-state index in [0.29, 0.717) is 55.5 Å². The van der Waals surface area contributed by atoms with Gasteiger partial charge in [0, 0.05) is 24.9 Å². The van der Waals surface area contributed by atoms with Crippen LogP contribution >= 0.6 is 0 Å². The van der Waals surface area contributed by atoms with Crippen LogP contribution in [0.1, 0.15) is 39.0 Å². The molecule has 1 aliphatic carbocycles. The fourth-order valence-electron chi connectivity index (χ4n) is 4.90. The van der Waals surface area contributed by atoms with E-state index < -0.39 is 17.7 Å². The van der Waals surface area contributed by atoms with E-state index >= 15 is 4.39 Å². The number of hydrazine groups is 1.